The molecule has 0 saturated carbocycles. The zero-order chi connectivity index (χ0) is 11.6. The summed E-state index contributed by atoms with van der Waals surface area (Å²) in [5, 5.41) is 3.25. The van der Waals surface area contributed by atoms with E-state index in [0.717, 1.165) is 0 Å². The van der Waals surface area contributed by atoms with Gasteiger partial charge < -0.3 is 0 Å². The lowest BCUT2D eigenvalue weighted by Gasteiger charge is -2.20. The van der Waals surface area contributed by atoms with Crippen molar-refractivity contribution < 1.29 is 0 Å². The van der Waals surface area contributed by atoms with Gasteiger partial charge in [-0.25, -0.2) is 0 Å². The first-order valence-corrected chi connectivity index (χ1v) is 12.1. The molecule has 0 unspecified atom stereocenters. The first kappa shape index (κ1) is 10.3. The zero-order valence-electron chi connectivity index (χ0n) is 10.5. The molecule has 2 aliphatic heterocycles. The van der Waals surface area contributed by atoms with Crippen LogP contribution in [0.25, 0.3) is 12.2 Å². The third-order valence-electron chi connectivity index (χ3n) is 3.97. The highest BCUT2D eigenvalue weighted by Gasteiger charge is 2.33. The molecule has 2 heteroatoms. The largest absolute Gasteiger partial charge is 0.105 e. The lowest BCUT2D eigenvalue weighted by Crippen LogP contribution is -2.43. The van der Waals surface area contributed by atoms with Crippen LogP contribution in [0.3, 0.4) is 0 Å². The van der Waals surface area contributed by atoms with Crippen LogP contribution in [0, 0.1) is 0 Å². The summed E-state index contributed by atoms with van der Waals surface area (Å²) in [4.78, 5) is 0. The van der Waals surface area contributed by atoms with Gasteiger partial charge in [-0.1, -0.05) is 61.9 Å². The van der Waals surface area contributed by atoms with Crippen molar-refractivity contribution in [2.45, 2.75) is 26.2 Å². The number of fused-ring (bicyclic) bond motifs is 2. The minimum Gasteiger partial charge on any atom is -0.0897 e. The van der Waals surface area contributed by atoms with E-state index in [-0.39, 0.29) is 0 Å². The maximum atomic E-state index is 2.47. The summed E-state index contributed by atoms with van der Waals surface area (Å²) < 4.78 is 0. The van der Waals surface area contributed by atoms with Crippen LogP contribution < -0.4 is 10.4 Å². The fraction of sp³-hybridized carbons (Fsp3) is 0.286. The average molecular weight is 242 g/mol. The molecule has 3 rings (SSSR count). The van der Waals surface area contributed by atoms with Crippen molar-refractivity contribution in [2.24, 2.45) is 0 Å². The number of hydrogen-bond acceptors (Lipinski definition) is 0. The van der Waals surface area contributed by atoms with E-state index < -0.39 is 16.1 Å². The highest BCUT2D eigenvalue weighted by Crippen LogP contribution is 2.24. The van der Waals surface area contributed by atoms with E-state index in [0.29, 0.717) is 0 Å². The lowest BCUT2D eigenvalue weighted by atomic mass is 10.1. The van der Waals surface area contributed by atoms with Crippen molar-refractivity contribution >= 4 is 38.7 Å². The topological polar surface area (TPSA) is 0 Å². The quantitative estimate of drug-likeness (QED) is 0.614. The second-order valence-corrected chi connectivity index (χ2v) is 14.8. The van der Waals surface area contributed by atoms with E-state index in [1.807, 2.05) is 0 Å². The first-order chi connectivity index (χ1) is 7.40. The fourth-order valence-corrected chi connectivity index (χ4v) is 7.21. The molecule has 0 bridgehead atoms. The standard InChI is InChI=1S/C14H18Si2/c1-15(2)7-5-11-10-14-12(9-13(11)15)6-8-16(14,3)4/h5-10H,1-4H3. The van der Waals surface area contributed by atoms with Gasteiger partial charge in [0, 0.05) is 0 Å². The minimum absolute atomic E-state index is 1.25. The highest BCUT2D eigenvalue weighted by molar-refractivity contribution is 6.98. The summed E-state index contributed by atoms with van der Waals surface area (Å²) in [5.74, 6) is 0. The molecular weight excluding hydrogens is 224 g/mol. The summed E-state index contributed by atoms with van der Waals surface area (Å²) in [5.41, 5.74) is 7.93. The van der Waals surface area contributed by atoms with Gasteiger partial charge >= 0.3 is 0 Å². The predicted molar refractivity (Wildman–Crippen MR) is 78.7 cm³/mol. The third kappa shape index (κ3) is 1.26. The second kappa shape index (κ2) is 2.87. The molecule has 0 atom stereocenters. The molecule has 0 nitrogen and oxygen atoms in total. The summed E-state index contributed by atoms with van der Waals surface area (Å²) in [6, 6.07) is 4.93. The Balaban J connectivity index is 2.25. The summed E-state index contributed by atoms with van der Waals surface area (Å²) >= 11 is 0. The summed E-state index contributed by atoms with van der Waals surface area (Å²) in [6.07, 6.45) is 4.70. The Labute approximate surface area is 99.7 Å². The van der Waals surface area contributed by atoms with Crippen LogP contribution in [-0.4, -0.2) is 16.1 Å². The third-order valence-corrected chi connectivity index (χ3v) is 9.61. The van der Waals surface area contributed by atoms with Gasteiger partial charge in [0.1, 0.15) is 16.1 Å². The molecule has 0 amide bonds. The number of hydrogen-bond donors (Lipinski definition) is 0. The maximum Gasteiger partial charge on any atom is 0.105 e. The molecule has 1 aromatic carbocycles. The van der Waals surface area contributed by atoms with Crippen LogP contribution in [0.4, 0.5) is 0 Å². The first-order valence-electron chi connectivity index (χ1n) is 5.98. The van der Waals surface area contributed by atoms with E-state index >= 15 is 0 Å². The van der Waals surface area contributed by atoms with Crippen LogP contribution in [0.15, 0.2) is 23.5 Å². The molecule has 2 heterocycles. The van der Waals surface area contributed by atoms with Gasteiger partial charge in [0.25, 0.3) is 0 Å². The molecule has 0 radical (unpaired) electrons. The molecule has 0 aromatic heterocycles. The molecule has 82 valence electrons. The van der Waals surface area contributed by atoms with E-state index in [9.17, 15) is 0 Å². The Morgan fingerprint density at radius 2 is 1.06 bits per heavy atom. The van der Waals surface area contributed by atoms with Gasteiger partial charge in [0.15, 0.2) is 0 Å². The van der Waals surface area contributed by atoms with Gasteiger partial charge in [-0.2, -0.15) is 0 Å². The van der Waals surface area contributed by atoms with Gasteiger partial charge in [-0.3, -0.25) is 0 Å². The molecule has 2 aliphatic rings. The van der Waals surface area contributed by atoms with Gasteiger partial charge in [0.2, 0.25) is 0 Å². The summed E-state index contributed by atoms with van der Waals surface area (Å²) in [7, 11) is -2.50. The molecule has 16 heavy (non-hydrogen) atoms. The number of benzene rings is 1. The molecule has 0 aliphatic carbocycles. The summed E-state index contributed by atoms with van der Waals surface area (Å²) in [6.45, 7) is 9.73. The SMILES string of the molecule is C[Si]1(C)C=Cc2cc3c(cc21)C=C[Si]3(C)C. The molecule has 0 saturated heterocycles. The van der Waals surface area contributed by atoms with Crippen LogP contribution in [0.5, 0.6) is 0 Å². The van der Waals surface area contributed by atoms with E-state index in [4.69, 9.17) is 0 Å². The molecule has 0 fully saturated rings. The highest BCUT2D eigenvalue weighted by atomic mass is 28.3. The lowest BCUT2D eigenvalue weighted by molar-refractivity contribution is 1.69. The number of rotatable bonds is 0. The van der Waals surface area contributed by atoms with Gasteiger partial charge in [-0.15, -0.1) is 0 Å². The van der Waals surface area contributed by atoms with Crippen molar-refractivity contribution in [1.82, 2.24) is 0 Å². The van der Waals surface area contributed by atoms with Gasteiger partial charge in [-0.05, 0) is 21.5 Å². The van der Waals surface area contributed by atoms with Crippen LogP contribution in [0.1, 0.15) is 11.1 Å². The Bertz CT molecular complexity index is 484. The van der Waals surface area contributed by atoms with Crippen LogP contribution in [0.2, 0.25) is 26.2 Å². The molecular formula is C14H18Si2. The van der Waals surface area contributed by atoms with E-state index in [1.165, 1.54) is 11.1 Å². The van der Waals surface area contributed by atoms with Crippen molar-refractivity contribution in [3.8, 4) is 0 Å². The Hall–Kier alpha value is -0.866. The smallest absolute Gasteiger partial charge is 0.0897 e. The predicted octanol–water partition coefficient (Wildman–Crippen LogP) is 2.65. The fourth-order valence-electron chi connectivity index (χ4n) is 2.80. The van der Waals surface area contributed by atoms with Gasteiger partial charge in [0.05, 0.1) is 0 Å². The second-order valence-electron chi connectivity index (χ2n) is 6.14. The van der Waals surface area contributed by atoms with Crippen molar-refractivity contribution in [1.29, 1.82) is 0 Å². The molecule has 0 spiro atoms. The van der Waals surface area contributed by atoms with E-state index in [2.05, 4.69) is 61.9 Å². The van der Waals surface area contributed by atoms with E-state index in [1.54, 1.807) is 10.4 Å². The Morgan fingerprint density at radius 1 is 0.688 bits per heavy atom. The van der Waals surface area contributed by atoms with Crippen molar-refractivity contribution in [2.75, 3.05) is 0 Å². The molecule has 0 N–H and O–H groups in total. The monoisotopic (exact) mass is 242 g/mol. The minimum atomic E-state index is -1.25. The molecule has 1 aromatic rings. The maximum absolute atomic E-state index is 2.47. The van der Waals surface area contributed by atoms with Crippen molar-refractivity contribution in [3.05, 3.63) is 34.7 Å². The zero-order valence-corrected chi connectivity index (χ0v) is 12.5. The van der Waals surface area contributed by atoms with Crippen LogP contribution in [-0.2, 0) is 0 Å². The average Bonchev–Trinajstić information content (AvgIpc) is 2.66. The Kier molecular flexibility index (Phi) is 1.85. The Morgan fingerprint density at radius 3 is 1.44 bits per heavy atom. The van der Waals surface area contributed by atoms with Crippen molar-refractivity contribution in [3.63, 3.8) is 0 Å². The van der Waals surface area contributed by atoms with Crippen LogP contribution >= 0.6 is 0 Å². The normalized spacial score (nSPS) is 22.2.